The lowest BCUT2D eigenvalue weighted by Crippen LogP contribution is -2.27. The number of rotatable bonds is 6. The van der Waals surface area contributed by atoms with Crippen molar-refractivity contribution in [1.29, 1.82) is 0 Å². The lowest BCUT2D eigenvalue weighted by Gasteiger charge is -2.13. The predicted octanol–water partition coefficient (Wildman–Crippen LogP) is 5.05. The average molecular weight is 419 g/mol. The zero-order chi connectivity index (χ0) is 20.9. The molecule has 0 aliphatic carbocycles. The van der Waals surface area contributed by atoms with Crippen LogP contribution in [0.3, 0.4) is 0 Å². The van der Waals surface area contributed by atoms with Gasteiger partial charge in [0.05, 0.1) is 30.0 Å². The van der Waals surface area contributed by atoms with E-state index in [0.717, 1.165) is 21.5 Å². The Morgan fingerprint density at radius 1 is 1.13 bits per heavy atom. The van der Waals surface area contributed by atoms with Crippen LogP contribution in [0.2, 0.25) is 0 Å². The number of halogens is 1. The van der Waals surface area contributed by atoms with Gasteiger partial charge >= 0.3 is 0 Å². The fraction of sp³-hybridized carbons (Fsp3) is 0.0870. The maximum absolute atomic E-state index is 13.2. The van der Waals surface area contributed by atoms with Crippen molar-refractivity contribution < 1.29 is 13.9 Å². The molecule has 0 N–H and O–H groups in total. The minimum Gasteiger partial charge on any atom is -0.497 e. The van der Waals surface area contributed by atoms with Crippen molar-refractivity contribution >= 4 is 38.8 Å². The summed E-state index contributed by atoms with van der Waals surface area (Å²) in [6.07, 6.45) is 1.70. The van der Waals surface area contributed by atoms with E-state index in [2.05, 4.69) is 10.1 Å². The maximum Gasteiger partial charge on any atom is 0.253 e. The first kappa shape index (κ1) is 19.7. The average Bonchev–Trinajstić information content (AvgIpc) is 3.18. The summed E-state index contributed by atoms with van der Waals surface area (Å²) in [6.45, 7) is 0. The Hall–Kier alpha value is -3.58. The first-order valence-electron chi connectivity index (χ1n) is 9.23. The van der Waals surface area contributed by atoms with Crippen molar-refractivity contribution in [2.45, 2.75) is 6.42 Å². The molecule has 1 aromatic heterocycles. The molecule has 0 spiro atoms. The topological polar surface area (TPSA) is 54.8 Å². The molecule has 30 heavy (non-hydrogen) atoms. The van der Waals surface area contributed by atoms with Crippen LogP contribution in [0.1, 0.15) is 11.1 Å². The van der Waals surface area contributed by atoms with Gasteiger partial charge in [0, 0.05) is 0 Å². The van der Waals surface area contributed by atoms with Crippen LogP contribution in [0.5, 0.6) is 5.75 Å². The van der Waals surface area contributed by atoms with E-state index in [4.69, 9.17) is 4.74 Å². The van der Waals surface area contributed by atoms with E-state index in [9.17, 15) is 9.18 Å². The number of anilines is 1. The monoisotopic (exact) mass is 419 g/mol. The third-order valence-corrected chi connectivity index (χ3v) is 5.39. The van der Waals surface area contributed by atoms with Gasteiger partial charge in [0.1, 0.15) is 11.6 Å². The van der Waals surface area contributed by atoms with Crippen LogP contribution < -0.4 is 9.75 Å². The summed E-state index contributed by atoms with van der Waals surface area (Å²) in [4.78, 5) is 17.7. The van der Waals surface area contributed by atoms with Gasteiger partial charge in [-0.15, -0.1) is 0 Å². The molecule has 0 aliphatic heterocycles. The molecule has 4 rings (SSSR count). The van der Waals surface area contributed by atoms with Crippen LogP contribution in [0, 0.1) is 5.82 Å². The van der Waals surface area contributed by atoms with Crippen LogP contribution in [0.4, 0.5) is 9.52 Å². The number of carbonyl (C=O) groups is 1. The van der Waals surface area contributed by atoms with Crippen molar-refractivity contribution in [2.24, 2.45) is 5.10 Å². The molecule has 1 amide bonds. The molecular weight excluding hydrogens is 401 g/mol. The molecule has 0 radical (unpaired) electrons. The van der Waals surface area contributed by atoms with E-state index in [-0.39, 0.29) is 18.1 Å². The highest BCUT2D eigenvalue weighted by molar-refractivity contribution is 7.22. The minimum absolute atomic E-state index is 0.181. The fourth-order valence-corrected chi connectivity index (χ4v) is 3.82. The number of fused-ring (bicyclic) bond motifs is 1. The number of benzene rings is 3. The number of ether oxygens (including phenoxy) is 1. The quantitative estimate of drug-likeness (QED) is 0.324. The normalized spacial score (nSPS) is 11.1. The highest BCUT2D eigenvalue weighted by atomic mass is 32.1. The zero-order valence-electron chi connectivity index (χ0n) is 16.2. The summed E-state index contributed by atoms with van der Waals surface area (Å²) in [7, 11) is 1.60. The van der Waals surface area contributed by atoms with E-state index in [0.29, 0.717) is 10.7 Å². The maximum atomic E-state index is 13.2. The summed E-state index contributed by atoms with van der Waals surface area (Å²) >= 11 is 1.35. The Morgan fingerprint density at radius 3 is 2.63 bits per heavy atom. The first-order valence-corrected chi connectivity index (χ1v) is 10.0. The number of hydrogen-bond acceptors (Lipinski definition) is 5. The molecule has 0 saturated heterocycles. The lowest BCUT2D eigenvalue weighted by molar-refractivity contribution is -0.118. The van der Waals surface area contributed by atoms with Crippen molar-refractivity contribution in [1.82, 2.24) is 4.98 Å². The number of hydrazone groups is 1. The Bertz CT molecular complexity index is 1190. The number of carbonyl (C=O) groups excluding carboxylic acids is 1. The first-order chi connectivity index (χ1) is 14.6. The minimum atomic E-state index is -0.329. The summed E-state index contributed by atoms with van der Waals surface area (Å²) in [5.41, 5.74) is 2.31. The van der Waals surface area contributed by atoms with Crippen LogP contribution in [-0.2, 0) is 11.2 Å². The summed E-state index contributed by atoms with van der Waals surface area (Å²) in [5.74, 6) is 0.171. The lowest BCUT2D eigenvalue weighted by atomic mass is 10.1. The van der Waals surface area contributed by atoms with Gasteiger partial charge in [0.25, 0.3) is 5.91 Å². The van der Waals surface area contributed by atoms with Crippen molar-refractivity contribution in [3.8, 4) is 5.75 Å². The Balaban J connectivity index is 1.68. The fourth-order valence-electron chi connectivity index (χ4n) is 2.85. The third-order valence-electron chi connectivity index (χ3n) is 4.39. The van der Waals surface area contributed by atoms with Crippen LogP contribution in [0.25, 0.3) is 10.2 Å². The Labute approximate surface area is 177 Å². The highest BCUT2D eigenvalue weighted by Gasteiger charge is 2.20. The Morgan fingerprint density at radius 2 is 1.90 bits per heavy atom. The second-order valence-electron chi connectivity index (χ2n) is 6.49. The molecule has 0 atom stereocenters. The van der Waals surface area contributed by atoms with Gasteiger partial charge < -0.3 is 4.74 Å². The summed E-state index contributed by atoms with van der Waals surface area (Å²) in [6, 6.07) is 20.9. The number of methoxy groups -OCH3 is 1. The van der Waals surface area contributed by atoms with Crippen LogP contribution in [0.15, 0.2) is 77.9 Å². The molecule has 0 bridgehead atoms. The molecule has 150 valence electrons. The number of hydrogen-bond donors (Lipinski definition) is 0. The Kier molecular flexibility index (Phi) is 5.81. The molecule has 7 heteroatoms. The number of aromatic nitrogens is 1. The standard InChI is InChI=1S/C23H18FN3O2S/c1-29-19-11-12-20-21(14-19)30-23(26-20)27(22(28)13-16-5-3-2-4-6-16)25-15-17-7-9-18(24)10-8-17/h2-12,14-15H,13H2,1H3/b25-15+. The van der Waals surface area contributed by atoms with E-state index in [1.54, 1.807) is 19.2 Å². The number of amides is 1. The molecule has 0 unspecified atom stereocenters. The molecule has 3 aromatic carbocycles. The van der Waals surface area contributed by atoms with Gasteiger partial charge in [-0.3, -0.25) is 4.79 Å². The van der Waals surface area contributed by atoms with Crippen LogP contribution in [-0.4, -0.2) is 24.2 Å². The largest absolute Gasteiger partial charge is 0.497 e. The van der Waals surface area contributed by atoms with E-state index < -0.39 is 0 Å². The molecule has 4 aromatic rings. The molecule has 0 saturated carbocycles. The number of thiazole rings is 1. The molecule has 0 fully saturated rings. The third kappa shape index (κ3) is 4.52. The summed E-state index contributed by atoms with van der Waals surface area (Å²) in [5, 5.41) is 6.14. The van der Waals surface area contributed by atoms with Crippen molar-refractivity contribution in [3.05, 3.63) is 89.7 Å². The predicted molar refractivity (Wildman–Crippen MR) is 118 cm³/mol. The number of nitrogens with zero attached hydrogens (tertiary/aromatic N) is 3. The molecular formula is C23H18FN3O2S. The smallest absolute Gasteiger partial charge is 0.253 e. The molecule has 0 aliphatic rings. The summed E-state index contributed by atoms with van der Waals surface area (Å²) < 4.78 is 19.3. The second kappa shape index (κ2) is 8.84. The highest BCUT2D eigenvalue weighted by Crippen LogP contribution is 2.32. The van der Waals surface area contributed by atoms with E-state index >= 15 is 0 Å². The van der Waals surface area contributed by atoms with E-state index in [1.165, 1.54) is 34.7 Å². The molecule has 5 nitrogen and oxygen atoms in total. The van der Waals surface area contributed by atoms with Crippen molar-refractivity contribution in [2.75, 3.05) is 12.1 Å². The molecule has 1 heterocycles. The zero-order valence-corrected chi connectivity index (χ0v) is 17.0. The van der Waals surface area contributed by atoms with Crippen LogP contribution >= 0.6 is 11.3 Å². The van der Waals surface area contributed by atoms with Crippen molar-refractivity contribution in [3.63, 3.8) is 0 Å². The van der Waals surface area contributed by atoms with Gasteiger partial charge in [-0.1, -0.05) is 53.8 Å². The van der Waals surface area contributed by atoms with Gasteiger partial charge in [0.15, 0.2) is 0 Å². The van der Waals surface area contributed by atoms with Gasteiger partial charge in [-0.2, -0.15) is 10.1 Å². The second-order valence-corrected chi connectivity index (χ2v) is 7.50. The SMILES string of the molecule is COc1ccc2nc(N(/N=C/c3ccc(F)cc3)C(=O)Cc3ccccc3)sc2c1. The van der Waals surface area contributed by atoms with Gasteiger partial charge in [-0.05, 0) is 41.5 Å². The van der Waals surface area contributed by atoms with Gasteiger partial charge in [0.2, 0.25) is 5.13 Å². The van der Waals surface area contributed by atoms with Gasteiger partial charge in [-0.25, -0.2) is 9.37 Å². The van der Waals surface area contributed by atoms with E-state index in [1.807, 2.05) is 48.5 Å².